The maximum absolute atomic E-state index is 6.44. The SMILES string of the molecule is CCC1CCCN(c2ccc(CCN)cc2Cl)CC1. The minimum atomic E-state index is 0.678. The van der Waals surface area contributed by atoms with Gasteiger partial charge in [-0.25, -0.2) is 0 Å². The van der Waals surface area contributed by atoms with Gasteiger partial charge in [0, 0.05) is 13.1 Å². The van der Waals surface area contributed by atoms with E-state index < -0.39 is 0 Å². The number of hydrogen-bond acceptors (Lipinski definition) is 2. The summed E-state index contributed by atoms with van der Waals surface area (Å²) >= 11 is 6.44. The van der Waals surface area contributed by atoms with Gasteiger partial charge in [-0.15, -0.1) is 0 Å². The molecule has 2 nitrogen and oxygen atoms in total. The molecule has 1 unspecified atom stereocenters. The monoisotopic (exact) mass is 280 g/mol. The van der Waals surface area contributed by atoms with Gasteiger partial charge in [0.15, 0.2) is 0 Å². The summed E-state index contributed by atoms with van der Waals surface area (Å²) < 4.78 is 0. The van der Waals surface area contributed by atoms with E-state index in [0.717, 1.165) is 30.5 Å². The Balaban J connectivity index is 2.08. The minimum Gasteiger partial charge on any atom is -0.370 e. The summed E-state index contributed by atoms with van der Waals surface area (Å²) in [6.07, 6.45) is 6.13. The average molecular weight is 281 g/mol. The molecule has 0 aromatic heterocycles. The second kappa shape index (κ2) is 7.16. The maximum atomic E-state index is 6.44. The van der Waals surface area contributed by atoms with E-state index in [4.69, 9.17) is 17.3 Å². The Morgan fingerprint density at radius 3 is 2.84 bits per heavy atom. The van der Waals surface area contributed by atoms with Crippen LogP contribution in [0, 0.1) is 5.92 Å². The maximum Gasteiger partial charge on any atom is 0.0642 e. The van der Waals surface area contributed by atoms with Crippen molar-refractivity contribution in [3.63, 3.8) is 0 Å². The molecule has 0 amide bonds. The topological polar surface area (TPSA) is 29.3 Å². The Morgan fingerprint density at radius 1 is 1.32 bits per heavy atom. The fraction of sp³-hybridized carbons (Fsp3) is 0.625. The second-order valence-corrected chi connectivity index (χ2v) is 5.92. The van der Waals surface area contributed by atoms with Crippen molar-refractivity contribution in [2.24, 2.45) is 11.7 Å². The van der Waals surface area contributed by atoms with Crippen LogP contribution >= 0.6 is 11.6 Å². The van der Waals surface area contributed by atoms with E-state index in [0.29, 0.717) is 6.54 Å². The molecule has 1 aliphatic heterocycles. The van der Waals surface area contributed by atoms with Crippen molar-refractivity contribution in [1.29, 1.82) is 0 Å². The van der Waals surface area contributed by atoms with Crippen LogP contribution in [-0.4, -0.2) is 19.6 Å². The number of hydrogen-bond donors (Lipinski definition) is 1. The van der Waals surface area contributed by atoms with E-state index in [2.05, 4.69) is 30.0 Å². The molecule has 1 aliphatic rings. The second-order valence-electron chi connectivity index (χ2n) is 5.52. The Labute approximate surface area is 121 Å². The molecule has 3 heteroatoms. The molecule has 1 saturated heterocycles. The van der Waals surface area contributed by atoms with Crippen LogP contribution in [0.1, 0.15) is 38.2 Å². The van der Waals surface area contributed by atoms with E-state index >= 15 is 0 Å². The standard InChI is InChI=1S/C16H25ClN2/c1-2-13-4-3-10-19(11-8-13)16-6-5-14(7-9-18)12-15(16)17/h5-6,12-13H,2-4,7-11,18H2,1H3. The van der Waals surface area contributed by atoms with Crippen LogP contribution in [0.25, 0.3) is 0 Å². The first-order valence-corrected chi connectivity index (χ1v) is 7.85. The summed E-state index contributed by atoms with van der Waals surface area (Å²) in [5.74, 6) is 0.889. The first-order chi connectivity index (χ1) is 9.24. The lowest BCUT2D eigenvalue weighted by Crippen LogP contribution is -2.24. The van der Waals surface area contributed by atoms with Gasteiger partial charge in [-0.3, -0.25) is 0 Å². The number of halogens is 1. The van der Waals surface area contributed by atoms with Gasteiger partial charge < -0.3 is 10.6 Å². The Hall–Kier alpha value is -0.730. The van der Waals surface area contributed by atoms with Crippen molar-refractivity contribution >= 4 is 17.3 Å². The summed E-state index contributed by atoms with van der Waals surface area (Å²) in [4.78, 5) is 2.45. The van der Waals surface area contributed by atoms with Gasteiger partial charge >= 0.3 is 0 Å². The van der Waals surface area contributed by atoms with Crippen molar-refractivity contribution in [1.82, 2.24) is 0 Å². The number of rotatable bonds is 4. The highest BCUT2D eigenvalue weighted by molar-refractivity contribution is 6.33. The zero-order valence-electron chi connectivity index (χ0n) is 11.9. The largest absolute Gasteiger partial charge is 0.370 e. The highest BCUT2D eigenvalue weighted by atomic mass is 35.5. The molecule has 0 spiro atoms. The molecule has 19 heavy (non-hydrogen) atoms. The third-order valence-electron chi connectivity index (χ3n) is 4.21. The fourth-order valence-electron chi connectivity index (χ4n) is 2.94. The van der Waals surface area contributed by atoms with Gasteiger partial charge in [-0.1, -0.05) is 31.0 Å². The van der Waals surface area contributed by atoms with E-state index in [1.807, 2.05) is 0 Å². The van der Waals surface area contributed by atoms with Crippen LogP contribution in [0.3, 0.4) is 0 Å². The van der Waals surface area contributed by atoms with Crippen LogP contribution in [0.2, 0.25) is 5.02 Å². The molecule has 1 fully saturated rings. The number of nitrogens with zero attached hydrogens (tertiary/aromatic N) is 1. The molecular formula is C16H25ClN2. The lowest BCUT2D eigenvalue weighted by Gasteiger charge is -2.24. The van der Waals surface area contributed by atoms with Crippen molar-refractivity contribution < 1.29 is 0 Å². The van der Waals surface area contributed by atoms with Crippen molar-refractivity contribution in [3.05, 3.63) is 28.8 Å². The van der Waals surface area contributed by atoms with E-state index in [-0.39, 0.29) is 0 Å². The molecule has 0 radical (unpaired) electrons. The first-order valence-electron chi connectivity index (χ1n) is 7.48. The van der Waals surface area contributed by atoms with Crippen LogP contribution in [0.15, 0.2) is 18.2 Å². The molecule has 1 aromatic rings. The van der Waals surface area contributed by atoms with Crippen LogP contribution < -0.4 is 10.6 Å². The van der Waals surface area contributed by atoms with Gasteiger partial charge in [0.25, 0.3) is 0 Å². The predicted molar refractivity (Wildman–Crippen MR) is 84.1 cm³/mol. The summed E-state index contributed by atoms with van der Waals surface area (Å²) in [5, 5.41) is 0.876. The molecule has 0 bridgehead atoms. The Morgan fingerprint density at radius 2 is 2.16 bits per heavy atom. The third kappa shape index (κ3) is 3.87. The highest BCUT2D eigenvalue weighted by Gasteiger charge is 2.17. The Bertz CT molecular complexity index is 406. The molecule has 1 heterocycles. The third-order valence-corrected chi connectivity index (χ3v) is 4.51. The predicted octanol–water partition coefficient (Wildman–Crippen LogP) is 3.86. The smallest absolute Gasteiger partial charge is 0.0642 e. The summed E-state index contributed by atoms with van der Waals surface area (Å²) in [6.45, 7) is 5.24. The minimum absolute atomic E-state index is 0.678. The fourth-order valence-corrected chi connectivity index (χ4v) is 3.27. The summed E-state index contributed by atoms with van der Waals surface area (Å²) in [5.41, 5.74) is 8.02. The van der Waals surface area contributed by atoms with Gasteiger partial charge in [-0.05, 0) is 55.8 Å². The van der Waals surface area contributed by atoms with Crippen LogP contribution in [-0.2, 0) is 6.42 Å². The first kappa shape index (κ1) is 14.7. The average Bonchev–Trinajstić information content (AvgIpc) is 2.64. The molecule has 1 atom stereocenters. The molecule has 1 aromatic carbocycles. The van der Waals surface area contributed by atoms with E-state index in [9.17, 15) is 0 Å². The summed E-state index contributed by atoms with van der Waals surface area (Å²) in [7, 11) is 0. The van der Waals surface area contributed by atoms with Gasteiger partial charge in [0.05, 0.1) is 10.7 Å². The highest BCUT2D eigenvalue weighted by Crippen LogP contribution is 2.30. The van der Waals surface area contributed by atoms with Gasteiger partial charge in [0.1, 0.15) is 0 Å². The zero-order valence-corrected chi connectivity index (χ0v) is 12.6. The molecule has 2 rings (SSSR count). The van der Waals surface area contributed by atoms with Crippen LogP contribution in [0.5, 0.6) is 0 Å². The van der Waals surface area contributed by atoms with E-state index in [1.165, 1.54) is 36.9 Å². The quantitative estimate of drug-likeness (QED) is 0.907. The van der Waals surface area contributed by atoms with Crippen molar-refractivity contribution in [3.8, 4) is 0 Å². The van der Waals surface area contributed by atoms with Gasteiger partial charge in [0.2, 0.25) is 0 Å². The normalized spacial score (nSPS) is 20.4. The lowest BCUT2D eigenvalue weighted by atomic mass is 9.98. The van der Waals surface area contributed by atoms with Crippen LogP contribution in [0.4, 0.5) is 5.69 Å². The van der Waals surface area contributed by atoms with Gasteiger partial charge in [-0.2, -0.15) is 0 Å². The lowest BCUT2D eigenvalue weighted by molar-refractivity contribution is 0.459. The van der Waals surface area contributed by atoms with Crippen molar-refractivity contribution in [2.75, 3.05) is 24.5 Å². The molecule has 2 N–H and O–H groups in total. The summed E-state index contributed by atoms with van der Waals surface area (Å²) in [6, 6.07) is 6.40. The number of anilines is 1. The number of nitrogens with two attached hydrogens (primary N) is 1. The zero-order chi connectivity index (χ0) is 13.7. The Kier molecular flexibility index (Phi) is 5.53. The van der Waals surface area contributed by atoms with E-state index in [1.54, 1.807) is 0 Å². The van der Waals surface area contributed by atoms with Crippen molar-refractivity contribution in [2.45, 2.75) is 39.0 Å². The molecule has 0 saturated carbocycles. The molecular weight excluding hydrogens is 256 g/mol. The molecule has 106 valence electrons. The number of benzene rings is 1. The molecule has 0 aliphatic carbocycles.